The zero-order chi connectivity index (χ0) is 21.2. The summed E-state index contributed by atoms with van der Waals surface area (Å²) in [6.07, 6.45) is 0.904. The fourth-order valence-corrected chi connectivity index (χ4v) is 4.25. The summed E-state index contributed by atoms with van der Waals surface area (Å²) in [5.41, 5.74) is 3.79. The summed E-state index contributed by atoms with van der Waals surface area (Å²) in [5.74, 6) is 1.35. The molecule has 1 aliphatic rings. The van der Waals surface area contributed by atoms with E-state index < -0.39 is 0 Å². The van der Waals surface area contributed by atoms with Crippen molar-refractivity contribution in [1.82, 2.24) is 20.5 Å². The first-order valence-electron chi connectivity index (χ1n) is 11.0. The van der Waals surface area contributed by atoms with Crippen molar-refractivity contribution in [2.75, 3.05) is 39.4 Å². The van der Waals surface area contributed by atoms with E-state index >= 15 is 0 Å². The SMILES string of the molecule is CCNC(=NCc1ccccc1CN1CCOCC1)NCCc1csc(C(C)C)n1. The molecule has 1 aliphatic heterocycles. The number of hydrogen-bond acceptors (Lipinski definition) is 5. The highest BCUT2D eigenvalue weighted by molar-refractivity contribution is 7.09. The van der Waals surface area contributed by atoms with E-state index in [2.05, 4.69) is 66.0 Å². The number of benzene rings is 1. The molecule has 30 heavy (non-hydrogen) atoms. The summed E-state index contributed by atoms with van der Waals surface area (Å²) < 4.78 is 5.47. The van der Waals surface area contributed by atoms with Crippen LogP contribution in [0, 0.1) is 0 Å². The van der Waals surface area contributed by atoms with Crippen molar-refractivity contribution >= 4 is 17.3 Å². The van der Waals surface area contributed by atoms with E-state index in [1.54, 1.807) is 11.3 Å². The van der Waals surface area contributed by atoms with Crippen LogP contribution in [0.15, 0.2) is 34.6 Å². The molecule has 1 aromatic heterocycles. The van der Waals surface area contributed by atoms with Gasteiger partial charge in [-0.25, -0.2) is 9.98 Å². The number of thiazole rings is 1. The zero-order valence-electron chi connectivity index (χ0n) is 18.5. The Morgan fingerprint density at radius 1 is 1.20 bits per heavy atom. The predicted octanol–water partition coefficient (Wildman–Crippen LogP) is 3.40. The standard InChI is InChI=1S/C23H35N5OS/c1-4-24-23(25-10-9-21-17-30-22(27-21)18(2)3)26-15-19-7-5-6-8-20(19)16-28-11-13-29-14-12-28/h5-8,17-18H,4,9-16H2,1-3H3,(H2,24,25,26). The molecule has 6 nitrogen and oxygen atoms in total. The van der Waals surface area contributed by atoms with Gasteiger partial charge in [-0.2, -0.15) is 0 Å². The molecule has 0 amide bonds. The van der Waals surface area contributed by atoms with E-state index in [1.165, 1.54) is 16.1 Å². The zero-order valence-corrected chi connectivity index (χ0v) is 19.3. The van der Waals surface area contributed by atoms with Gasteiger partial charge in [0.1, 0.15) is 0 Å². The van der Waals surface area contributed by atoms with Crippen LogP contribution in [0.4, 0.5) is 0 Å². The Kier molecular flexibility index (Phi) is 9.11. The van der Waals surface area contributed by atoms with E-state index in [0.29, 0.717) is 12.5 Å². The Balaban J connectivity index is 1.56. The molecule has 0 aliphatic carbocycles. The van der Waals surface area contributed by atoms with Crippen LogP contribution in [0.1, 0.15) is 48.5 Å². The van der Waals surface area contributed by atoms with Gasteiger partial charge in [0.2, 0.25) is 0 Å². The van der Waals surface area contributed by atoms with E-state index in [1.807, 2.05) is 0 Å². The van der Waals surface area contributed by atoms with Crippen LogP contribution in [0.2, 0.25) is 0 Å². The molecule has 2 N–H and O–H groups in total. The molecule has 0 atom stereocenters. The van der Waals surface area contributed by atoms with Gasteiger partial charge in [-0.05, 0) is 18.1 Å². The highest BCUT2D eigenvalue weighted by Gasteiger charge is 2.12. The van der Waals surface area contributed by atoms with Gasteiger partial charge < -0.3 is 15.4 Å². The third kappa shape index (κ3) is 7.07. The summed E-state index contributed by atoms with van der Waals surface area (Å²) in [5, 5.41) is 10.2. The molecule has 164 valence electrons. The van der Waals surface area contributed by atoms with E-state index in [0.717, 1.165) is 64.0 Å². The van der Waals surface area contributed by atoms with Gasteiger partial charge in [0.05, 0.1) is 30.5 Å². The molecule has 1 aromatic carbocycles. The van der Waals surface area contributed by atoms with Gasteiger partial charge in [0, 0.05) is 50.4 Å². The summed E-state index contributed by atoms with van der Waals surface area (Å²) in [6.45, 7) is 13.4. The summed E-state index contributed by atoms with van der Waals surface area (Å²) in [6, 6.07) is 8.62. The normalized spacial score (nSPS) is 15.5. The van der Waals surface area contributed by atoms with Crippen molar-refractivity contribution in [2.24, 2.45) is 4.99 Å². The Bertz CT molecular complexity index is 798. The second-order valence-electron chi connectivity index (χ2n) is 7.86. The monoisotopic (exact) mass is 429 g/mol. The molecule has 2 heterocycles. The van der Waals surface area contributed by atoms with Crippen LogP contribution in [0.3, 0.4) is 0 Å². The number of nitrogens with zero attached hydrogens (tertiary/aromatic N) is 3. The fraction of sp³-hybridized carbons (Fsp3) is 0.565. The molecular weight excluding hydrogens is 394 g/mol. The second kappa shape index (κ2) is 12.0. The van der Waals surface area contributed by atoms with Crippen LogP contribution in [-0.4, -0.2) is 55.2 Å². The number of ether oxygens (including phenoxy) is 1. The summed E-state index contributed by atoms with van der Waals surface area (Å²) in [4.78, 5) is 12.0. The number of hydrogen-bond donors (Lipinski definition) is 2. The molecular formula is C23H35N5OS. The largest absolute Gasteiger partial charge is 0.379 e. The van der Waals surface area contributed by atoms with E-state index in [-0.39, 0.29) is 0 Å². The van der Waals surface area contributed by atoms with Gasteiger partial charge in [-0.3, -0.25) is 4.90 Å². The van der Waals surface area contributed by atoms with Crippen LogP contribution in [-0.2, 0) is 24.2 Å². The number of guanidine groups is 1. The van der Waals surface area contributed by atoms with Crippen LogP contribution < -0.4 is 10.6 Å². The molecule has 0 spiro atoms. The topological polar surface area (TPSA) is 61.8 Å². The van der Waals surface area contributed by atoms with Gasteiger partial charge in [0.15, 0.2) is 5.96 Å². The van der Waals surface area contributed by atoms with Crippen LogP contribution >= 0.6 is 11.3 Å². The predicted molar refractivity (Wildman–Crippen MR) is 125 cm³/mol. The second-order valence-corrected chi connectivity index (χ2v) is 8.75. The van der Waals surface area contributed by atoms with Crippen LogP contribution in [0.5, 0.6) is 0 Å². The number of rotatable bonds is 9. The Morgan fingerprint density at radius 2 is 1.97 bits per heavy atom. The van der Waals surface area contributed by atoms with Crippen molar-refractivity contribution < 1.29 is 4.74 Å². The Labute approximate surface area is 184 Å². The number of aliphatic imine (C=N–C) groups is 1. The average Bonchev–Trinajstić information content (AvgIpc) is 3.23. The molecule has 0 bridgehead atoms. The van der Waals surface area contributed by atoms with Crippen LogP contribution in [0.25, 0.3) is 0 Å². The number of nitrogens with one attached hydrogen (secondary N) is 2. The molecule has 1 saturated heterocycles. The van der Waals surface area contributed by atoms with Gasteiger partial charge in [-0.1, -0.05) is 38.1 Å². The smallest absolute Gasteiger partial charge is 0.191 e. The molecule has 0 radical (unpaired) electrons. The third-order valence-corrected chi connectivity index (χ3v) is 6.30. The maximum Gasteiger partial charge on any atom is 0.191 e. The van der Waals surface area contributed by atoms with Crippen molar-refractivity contribution in [1.29, 1.82) is 0 Å². The molecule has 2 aromatic rings. The molecule has 1 fully saturated rings. The first-order chi connectivity index (χ1) is 14.7. The lowest BCUT2D eigenvalue weighted by Gasteiger charge is -2.27. The summed E-state index contributed by atoms with van der Waals surface area (Å²) in [7, 11) is 0. The highest BCUT2D eigenvalue weighted by atomic mass is 32.1. The van der Waals surface area contributed by atoms with E-state index in [4.69, 9.17) is 14.7 Å². The fourth-order valence-electron chi connectivity index (χ4n) is 3.38. The lowest BCUT2D eigenvalue weighted by atomic mass is 10.1. The molecule has 3 rings (SSSR count). The minimum absolute atomic E-state index is 0.494. The van der Waals surface area contributed by atoms with Crippen molar-refractivity contribution in [3.8, 4) is 0 Å². The Morgan fingerprint density at radius 3 is 2.67 bits per heavy atom. The lowest BCUT2D eigenvalue weighted by molar-refractivity contribution is 0.0341. The minimum atomic E-state index is 0.494. The van der Waals surface area contributed by atoms with E-state index in [9.17, 15) is 0 Å². The number of aromatic nitrogens is 1. The third-order valence-electron chi connectivity index (χ3n) is 5.10. The lowest BCUT2D eigenvalue weighted by Crippen LogP contribution is -2.38. The van der Waals surface area contributed by atoms with Gasteiger partial charge >= 0.3 is 0 Å². The summed E-state index contributed by atoms with van der Waals surface area (Å²) >= 11 is 1.75. The van der Waals surface area contributed by atoms with Crippen molar-refractivity contribution in [3.05, 3.63) is 51.5 Å². The molecule has 7 heteroatoms. The Hall–Kier alpha value is -1.96. The van der Waals surface area contributed by atoms with Crippen molar-refractivity contribution in [3.63, 3.8) is 0 Å². The first kappa shape index (κ1) is 22.7. The average molecular weight is 430 g/mol. The molecule has 0 unspecified atom stereocenters. The maximum atomic E-state index is 5.47. The van der Waals surface area contributed by atoms with Gasteiger partial charge in [-0.15, -0.1) is 11.3 Å². The number of morpholine rings is 1. The highest BCUT2D eigenvalue weighted by Crippen LogP contribution is 2.19. The minimum Gasteiger partial charge on any atom is -0.379 e. The molecule has 0 saturated carbocycles. The van der Waals surface area contributed by atoms with Gasteiger partial charge in [0.25, 0.3) is 0 Å². The van der Waals surface area contributed by atoms with Crippen molar-refractivity contribution in [2.45, 2.75) is 46.2 Å². The maximum absolute atomic E-state index is 5.47. The first-order valence-corrected chi connectivity index (χ1v) is 11.9. The quantitative estimate of drug-likeness (QED) is 0.473.